The Kier molecular flexibility index (Phi) is 4.83. The molecule has 20 heavy (non-hydrogen) atoms. The van der Waals surface area contributed by atoms with Gasteiger partial charge in [0, 0.05) is 24.5 Å². The molecule has 2 amide bonds. The topological polar surface area (TPSA) is 71.1 Å². The fourth-order valence-corrected chi connectivity index (χ4v) is 1.62. The maximum Gasteiger partial charge on any atom is 0.251 e. The van der Waals surface area contributed by atoms with E-state index in [1.54, 1.807) is 12.1 Å². The number of pyridine rings is 1. The molecule has 1 heterocycles. The first-order valence-corrected chi connectivity index (χ1v) is 6.24. The Labute approximate surface area is 117 Å². The fourth-order valence-electron chi connectivity index (χ4n) is 1.62. The minimum atomic E-state index is -0.290. The van der Waals surface area contributed by atoms with Crippen LogP contribution in [-0.4, -0.2) is 23.3 Å². The summed E-state index contributed by atoms with van der Waals surface area (Å²) >= 11 is 0. The normalized spacial score (nSPS) is 9.80. The molecule has 2 aromatic rings. The Morgan fingerprint density at radius 3 is 2.35 bits per heavy atom. The van der Waals surface area contributed by atoms with E-state index < -0.39 is 0 Å². The second kappa shape index (κ2) is 7.04. The van der Waals surface area contributed by atoms with Crippen LogP contribution in [0.1, 0.15) is 15.9 Å². The molecule has 0 unspecified atom stereocenters. The number of rotatable bonds is 5. The van der Waals surface area contributed by atoms with Crippen LogP contribution in [0.2, 0.25) is 0 Å². The largest absolute Gasteiger partial charge is 0.350 e. The average molecular weight is 269 g/mol. The molecule has 1 aromatic carbocycles. The number of nitrogens with one attached hydrogen (secondary N) is 2. The monoisotopic (exact) mass is 269 g/mol. The Morgan fingerprint density at radius 2 is 1.65 bits per heavy atom. The molecule has 0 saturated carbocycles. The van der Waals surface area contributed by atoms with Crippen LogP contribution in [0.15, 0.2) is 54.9 Å². The average Bonchev–Trinajstić information content (AvgIpc) is 2.52. The molecule has 0 radical (unpaired) electrons. The molecular formula is C15H15N3O2. The Bertz CT molecular complexity index is 570. The van der Waals surface area contributed by atoms with Crippen LogP contribution in [-0.2, 0) is 11.3 Å². The van der Waals surface area contributed by atoms with E-state index in [2.05, 4.69) is 15.6 Å². The van der Waals surface area contributed by atoms with Crippen LogP contribution in [0, 0.1) is 0 Å². The maximum atomic E-state index is 11.7. The van der Waals surface area contributed by atoms with Crippen molar-refractivity contribution < 1.29 is 9.59 Å². The summed E-state index contributed by atoms with van der Waals surface area (Å²) in [7, 11) is 0. The predicted molar refractivity (Wildman–Crippen MR) is 74.9 cm³/mol. The lowest BCUT2D eigenvalue weighted by Gasteiger charge is -2.07. The van der Waals surface area contributed by atoms with Crippen molar-refractivity contribution in [3.8, 4) is 0 Å². The number of carbonyl (C=O) groups is 2. The number of carbonyl (C=O) groups excluding carboxylic acids is 2. The molecule has 2 N–H and O–H groups in total. The highest BCUT2D eigenvalue weighted by Gasteiger charge is 2.07. The highest BCUT2D eigenvalue weighted by Crippen LogP contribution is 1.97. The first kappa shape index (κ1) is 13.7. The SMILES string of the molecule is O=C(CNC(=O)c1ccncc1)NCc1ccccc1. The summed E-state index contributed by atoms with van der Waals surface area (Å²) in [6.45, 7) is 0.402. The summed E-state index contributed by atoms with van der Waals surface area (Å²) in [6, 6.07) is 12.8. The number of aromatic nitrogens is 1. The van der Waals surface area contributed by atoms with Gasteiger partial charge in [0.1, 0.15) is 0 Å². The van der Waals surface area contributed by atoms with Gasteiger partial charge >= 0.3 is 0 Å². The molecule has 1 aromatic heterocycles. The molecule has 0 atom stereocenters. The van der Waals surface area contributed by atoms with E-state index in [1.165, 1.54) is 12.4 Å². The van der Waals surface area contributed by atoms with Gasteiger partial charge < -0.3 is 10.6 Å². The van der Waals surface area contributed by atoms with Crippen molar-refractivity contribution in [2.24, 2.45) is 0 Å². The van der Waals surface area contributed by atoms with E-state index in [-0.39, 0.29) is 18.4 Å². The second-order valence-corrected chi connectivity index (χ2v) is 4.18. The summed E-state index contributed by atoms with van der Waals surface area (Å²) in [6.07, 6.45) is 3.06. The van der Waals surface area contributed by atoms with Gasteiger partial charge in [-0.05, 0) is 17.7 Å². The third-order valence-electron chi connectivity index (χ3n) is 2.68. The van der Waals surface area contributed by atoms with Crippen molar-refractivity contribution in [2.45, 2.75) is 6.54 Å². The van der Waals surface area contributed by atoms with E-state index in [0.717, 1.165) is 5.56 Å². The smallest absolute Gasteiger partial charge is 0.251 e. The van der Waals surface area contributed by atoms with E-state index in [4.69, 9.17) is 0 Å². The highest BCUT2D eigenvalue weighted by molar-refractivity contribution is 5.96. The summed E-state index contributed by atoms with van der Waals surface area (Å²) in [5.41, 5.74) is 1.50. The summed E-state index contributed by atoms with van der Waals surface area (Å²) < 4.78 is 0. The van der Waals surface area contributed by atoms with Gasteiger partial charge in [-0.1, -0.05) is 30.3 Å². The molecule has 0 saturated heterocycles. The van der Waals surface area contributed by atoms with E-state index >= 15 is 0 Å². The summed E-state index contributed by atoms with van der Waals surface area (Å²) in [4.78, 5) is 27.1. The molecule has 5 nitrogen and oxygen atoms in total. The van der Waals surface area contributed by atoms with Crippen LogP contribution in [0.5, 0.6) is 0 Å². The quantitative estimate of drug-likeness (QED) is 0.854. The van der Waals surface area contributed by atoms with Gasteiger partial charge in [-0.15, -0.1) is 0 Å². The van der Waals surface area contributed by atoms with Crippen molar-refractivity contribution >= 4 is 11.8 Å². The van der Waals surface area contributed by atoms with Crippen molar-refractivity contribution in [1.29, 1.82) is 0 Å². The van der Waals surface area contributed by atoms with Gasteiger partial charge in [0.25, 0.3) is 5.91 Å². The maximum absolute atomic E-state index is 11.7. The third kappa shape index (κ3) is 4.20. The molecule has 0 spiro atoms. The first-order valence-electron chi connectivity index (χ1n) is 6.24. The summed E-state index contributed by atoms with van der Waals surface area (Å²) in [5, 5.41) is 5.30. The lowest BCUT2D eigenvalue weighted by Crippen LogP contribution is -2.36. The van der Waals surface area contributed by atoms with Crippen LogP contribution in [0.3, 0.4) is 0 Å². The zero-order valence-electron chi connectivity index (χ0n) is 10.9. The number of hydrogen-bond donors (Lipinski definition) is 2. The molecule has 102 valence electrons. The van der Waals surface area contributed by atoms with Gasteiger partial charge in [-0.3, -0.25) is 14.6 Å². The molecule has 0 bridgehead atoms. The number of hydrogen-bond acceptors (Lipinski definition) is 3. The number of nitrogens with zero attached hydrogens (tertiary/aromatic N) is 1. The molecule has 2 rings (SSSR count). The van der Waals surface area contributed by atoms with E-state index in [1.807, 2.05) is 30.3 Å². The zero-order chi connectivity index (χ0) is 14.2. The van der Waals surface area contributed by atoms with Gasteiger partial charge in [-0.25, -0.2) is 0 Å². The van der Waals surface area contributed by atoms with Gasteiger partial charge in [0.15, 0.2) is 0 Å². The number of benzene rings is 1. The molecule has 0 fully saturated rings. The van der Waals surface area contributed by atoms with Gasteiger partial charge in [0.2, 0.25) is 5.91 Å². The lowest BCUT2D eigenvalue weighted by molar-refractivity contribution is -0.120. The highest BCUT2D eigenvalue weighted by atomic mass is 16.2. The fraction of sp³-hybridized carbons (Fsp3) is 0.133. The van der Waals surface area contributed by atoms with Crippen LogP contribution < -0.4 is 10.6 Å². The van der Waals surface area contributed by atoms with E-state index in [9.17, 15) is 9.59 Å². The van der Waals surface area contributed by atoms with Crippen molar-refractivity contribution in [3.05, 3.63) is 66.0 Å². The minimum absolute atomic E-state index is 0.0476. The zero-order valence-corrected chi connectivity index (χ0v) is 10.9. The number of amides is 2. The Hall–Kier alpha value is -2.69. The molecule has 5 heteroatoms. The lowest BCUT2D eigenvalue weighted by atomic mass is 10.2. The molecular weight excluding hydrogens is 254 g/mol. The van der Waals surface area contributed by atoms with Crippen LogP contribution in [0.4, 0.5) is 0 Å². The van der Waals surface area contributed by atoms with Gasteiger partial charge in [-0.2, -0.15) is 0 Å². The third-order valence-corrected chi connectivity index (χ3v) is 2.68. The molecule has 0 aliphatic rings. The standard InChI is InChI=1S/C15H15N3O2/c19-14(17-10-12-4-2-1-3-5-12)11-18-15(20)13-6-8-16-9-7-13/h1-9H,10-11H2,(H,17,19)(H,18,20). The van der Waals surface area contributed by atoms with Crippen molar-refractivity contribution in [1.82, 2.24) is 15.6 Å². The minimum Gasteiger partial charge on any atom is -0.350 e. The Morgan fingerprint density at radius 1 is 0.950 bits per heavy atom. The van der Waals surface area contributed by atoms with Crippen molar-refractivity contribution in [3.63, 3.8) is 0 Å². The van der Waals surface area contributed by atoms with Crippen LogP contribution >= 0.6 is 0 Å². The Balaban J connectivity index is 1.74. The van der Waals surface area contributed by atoms with Gasteiger partial charge in [0.05, 0.1) is 6.54 Å². The first-order chi connectivity index (χ1) is 9.75. The summed E-state index contributed by atoms with van der Waals surface area (Å²) in [5.74, 6) is -0.515. The van der Waals surface area contributed by atoms with Crippen LogP contribution in [0.25, 0.3) is 0 Å². The van der Waals surface area contributed by atoms with E-state index in [0.29, 0.717) is 12.1 Å². The second-order valence-electron chi connectivity index (χ2n) is 4.18. The molecule has 0 aliphatic carbocycles. The van der Waals surface area contributed by atoms with Crippen molar-refractivity contribution in [2.75, 3.05) is 6.54 Å². The molecule has 0 aliphatic heterocycles. The predicted octanol–water partition coefficient (Wildman–Crippen LogP) is 1.13.